The van der Waals surface area contributed by atoms with Crippen LogP contribution in [0, 0.1) is 0 Å². The van der Waals surface area contributed by atoms with E-state index in [1.54, 1.807) is 0 Å². The van der Waals surface area contributed by atoms with Crippen molar-refractivity contribution >= 4 is 0 Å². The Hall–Kier alpha value is -0.920. The molecule has 0 aliphatic heterocycles. The molecule has 1 rings (SSSR count). The summed E-state index contributed by atoms with van der Waals surface area (Å²) in [5.41, 5.74) is 1.29. The van der Waals surface area contributed by atoms with Gasteiger partial charge in [-0.05, 0) is 18.4 Å². The summed E-state index contributed by atoms with van der Waals surface area (Å²) in [6.07, 6.45) is 16.1. The second-order valence-corrected chi connectivity index (χ2v) is 5.83. The highest BCUT2D eigenvalue weighted by atomic mass is 14.9. The summed E-state index contributed by atoms with van der Waals surface area (Å²) in [4.78, 5) is 8.83. The van der Waals surface area contributed by atoms with Crippen molar-refractivity contribution in [3.63, 3.8) is 0 Å². The molecule has 19 heavy (non-hydrogen) atoms. The molecule has 0 radical (unpaired) electrons. The van der Waals surface area contributed by atoms with Crippen LogP contribution in [0.4, 0.5) is 0 Å². The van der Waals surface area contributed by atoms with Gasteiger partial charge in [-0.25, -0.2) is 9.97 Å². The zero-order valence-electron chi connectivity index (χ0n) is 13.0. The van der Waals surface area contributed by atoms with Gasteiger partial charge in [0.15, 0.2) is 0 Å². The van der Waals surface area contributed by atoms with Gasteiger partial charge in [-0.3, -0.25) is 0 Å². The maximum atomic E-state index is 4.42. The zero-order valence-corrected chi connectivity index (χ0v) is 13.0. The minimum Gasteiger partial charge on any atom is -0.241 e. The number of aryl methyl sites for hydroxylation is 1. The van der Waals surface area contributed by atoms with Crippen LogP contribution >= 0.6 is 0 Å². The summed E-state index contributed by atoms with van der Waals surface area (Å²) in [7, 11) is 0. The average molecular weight is 262 g/mol. The Morgan fingerprint density at radius 2 is 1.37 bits per heavy atom. The summed E-state index contributed by atoms with van der Waals surface area (Å²) >= 11 is 0. The first-order chi connectivity index (χ1) is 9.24. The van der Waals surface area contributed by atoms with E-state index in [0.29, 0.717) is 5.92 Å². The lowest BCUT2D eigenvalue weighted by atomic mass is 10.1. The molecule has 0 N–H and O–H groups in total. The van der Waals surface area contributed by atoms with Gasteiger partial charge in [0.25, 0.3) is 0 Å². The standard InChI is InChI=1S/C17H30N2/c1-4-5-6-7-8-9-10-11-12-16-13-18-17(15(2)3)19-14-16/h13-15H,4-12H2,1-3H3. The van der Waals surface area contributed by atoms with Crippen molar-refractivity contribution in [2.75, 3.05) is 0 Å². The molecule has 0 fully saturated rings. The lowest BCUT2D eigenvalue weighted by molar-refractivity contribution is 0.575. The maximum absolute atomic E-state index is 4.42. The molecule has 0 aromatic carbocycles. The fourth-order valence-electron chi connectivity index (χ4n) is 2.26. The van der Waals surface area contributed by atoms with E-state index in [1.165, 1.54) is 56.9 Å². The number of unbranched alkanes of at least 4 members (excludes halogenated alkanes) is 7. The fraction of sp³-hybridized carbons (Fsp3) is 0.765. The highest BCUT2D eigenvalue weighted by molar-refractivity contribution is 5.06. The highest BCUT2D eigenvalue weighted by Crippen LogP contribution is 2.12. The van der Waals surface area contributed by atoms with Crippen LogP contribution in [0.25, 0.3) is 0 Å². The minimum atomic E-state index is 0.428. The van der Waals surface area contributed by atoms with E-state index in [2.05, 4.69) is 30.7 Å². The summed E-state index contributed by atoms with van der Waals surface area (Å²) in [5.74, 6) is 1.39. The topological polar surface area (TPSA) is 25.8 Å². The van der Waals surface area contributed by atoms with Gasteiger partial charge in [0, 0.05) is 18.3 Å². The molecule has 1 aromatic rings. The number of hydrogen-bond acceptors (Lipinski definition) is 2. The smallest absolute Gasteiger partial charge is 0.130 e. The molecule has 0 saturated carbocycles. The van der Waals surface area contributed by atoms with Crippen LogP contribution in [0.15, 0.2) is 12.4 Å². The van der Waals surface area contributed by atoms with E-state index in [4.69, 9.17) is 0 Å². The predicted molar refractivity (Wildman–Crippen MR) is 82.4 cm³/mol. The third kappa shape index (κ3) is 7.29. The summed E-state index contributed by atoms with van der Waals surface area (Å²) < 4.78 is 0. The van der Waals surface area contributed by atoms with Gasteiger partial charge < -0.3 is 0 Å². The third-order valence-corrected chi connectivity index (χ3v) is 3.56. The van der Waals surface area contributed by atoms with Gasteiger partial charge in [0.1, 0.15) is 5.82 Å². The molecular formula is C17H30N2. The van der Waals surface area contributed by atoms with E-state index < -0.39 is 0 Å². The zero-order chi connectivity index (χ0) is 13.9. The van der Waals surface area contributed by atoms with Crippen LogP contribution in [0.5, 0.6) is 0 Å². The molecule has 2 heteroatoms. The van der Waals surface area contributed by atoms with Crippen LogP contribution in [0.1, 0.15) is 89.4 Å². The van der Waals surface area contributed by atoms with Gasteiger partial charge >= 0.3 is 0 Å². The largest absolute Gasteiger partial charge is 0.241 e. The van der Waals surface area contributed by atoms with E-state index in [0.717, 1.165) is 12.2 Å². The fourth-order valence-corrected chi connectivity index (χ4v) is 2.26. The van der Waals surface area contributed by atoms with Gasteiger partial charge in [-0.2, -0.15) is 0 Å². The normalized spacial score (nSPS) is 11.2. The van der Waals surface area contributed by atoms with Gasteiger partial charge in [-0.15, -0.1) is 0 Å². The molecule has 108 valence electrons. The summed E-state index contributed by atoms with van der Waals surface area (Å²) in [5, 5.41) is 0. The first-order valence-electron chi connectivity index (χ1n) is 8.04. The molecule has 2 nitrogen and oxygen atoms in total. The van der Waals surface area contributed by atoms with Crippen molar-refractivity contribution in [1.82, 2.24) is 9.97 Å². The van der Waals surface area contributed by atoms with Crippen LogP contribution < -0.4 is 0 Å². The van der Waals surface area contributed by atoms with Crippen LogP contribution in [-0.2, 0) is 6.42 Å². The van der Waals surface area contributed by atoms with Gasteiger partial charge in [-0.1, -0.05) is 65.7 Å². The van der Waals surface area contributed by atoms with Gasteiger partial charge in [0.2, 0.25) is 0 Å². The Morgan fingerprint density at radius 3 is 1.89 bits per heavy atom. The molecular weight excluding hydrogens is 232 g/mol. The monoisotopic (exact) mass is 262 g/mol. The third-order valence-electron chi connectivity index (χ3n) is 3.56. The Morgan fingerprint density at radius 1 is 0.842 bits per heavy atom. The van der Waals surface area contributed by atoms with E-state index in [1.807, 2.05) is 12.4 Å². The van der Waals surface area contributed by atoms with E-state index >= 15 is 0 Å². The predicted octanol–water partition coefficient (Wildman–Crippen LogP) is 5.28. The van der Waals surface area contributed by atoms with Crippen molar-refractivity contribution in [2.24, 2.45) is 0 Å². The molecule has 0 atom stereocenters. The molecule has 0 amide bonds. The lowest BCUT2D eigenvalue weighted by Gasteiger charge is -2.05. The first-order valence-corrected chi connectivity index (χ1v) is 8.04. The molecule has 0 aliphatic carbocycles. The Balaban J connectivity index is 2.06. The van der Waals surface area contributed by atoms with Crippen molar-refractivity contribution in [2.45, 2.75) is 84.5 Å². The van der Waals surface area contributed by atoms with E-state index in [-0.39, 0.29) is 0 Å². The Bertz CT molecular complexity index is 317. The quantitative estimate of drug-likeness (QED) is 0.536. The number of rotatable bonds is 10. The van der Waals surface area contributed by atoms with E-state index in [9.17, 15) is 0 Å². The Labute approximate surface area is 119 Å². The molecule has 0 spiro atoms. The van der Waals surface area contributed by atoms with Crippen molar-refractivity contribution in [1.29, 1.82) is 0 Å². The Kier molecular flexibility index (Phi) is 8.44. The minimum absolute atomic E-state index is 0.428. The summed E-state index contributed by atoms with van der Waals surface area (Å²) in [6.45, 7) is 6.54. The van der Waals surface area contributed by atoms with Crippen LogP contribution in [0.3, 0.4) is 0 Å². The number of nitrogens with zero attached hydrogens (tertiary/aromatic N) is 2. The molecule has 1 aromatic heterocycles. The van der Waals surface area contributed by atoms with Crippen molar-refractivity contribution in [3.05, 3.63) is 23.8 Å². The van der Waals surface area contributed by atoms with Crippen LogP contribution in [0.2, 0.25) is 0 Å². The highest BCUT2D eigenvalue weighted by Gasteiger charge is 2.02. The molecule has 0 unspecified atom stereocenters. The van der Waals surface area contributed by atoms with Crippen LogP contribution in [-0.4, -0.2) is 9.97 Å². The number of aromatic nitrogens is 2. The lowest BCUT2D eigenvalue weighted by Crippen LogP contribution is -1.98. The molecule has 0 aliphatic rings. The molecule has 0 saturated heterocycles. The van der Waals surface area contributed by atoms with Gasteiger partial charge in [0.05, 0.1) is 0 Å². The van der Waals surface area contributed by atoms with Crippen molar-refractivity contribution in [3.8, 4) is 0 Å². The second kappa shape index (κ2) is 9.94. The SMILES string of the molecule is CCCCCCCCCCc1cnc(C(C)C)nc1. The first kappa shape index (κ1) is 16.1. The number of hydrogen-bond donors (Lipinski definition) is 0. The van der Waals surface area contributed by atoms with Crippen molar-refractivity contribution < 1.29 is 0 Å². The average Bonchev–Trinajstić information content (AvgIpc) is 2.42. The molecule has 1 heterocycles. The summed E-state index contributed by atoms with van der Waals surface area (Å²) in [6, 6.07) is 0. The molecule has 0 bridgehead atoms. The second-order valence-electron chi connectivity index (χ2n) is 5.83. The maximum Gasteiger partial charge on any atom is 0.130 e.